The minimum atomic E-state index is -0.334. The first-order valence-corrected chi connectivity index (χ1v) is 7.17. The van der Waals surface area contributed by atoms with Crippen LogP contribution in [0.1, 0.15) is 18.6 Å². The average molecular weight is 336 g/mol. The number of rotatable bonds is 3. The lowest BCUT2D eigenvalue weighted by Gasteiger charge is -2.04. The van der Waals surface area contributed by atoms with E-state index < -0.39 is 0 Å². The molecule has 0 bridgehead atoms. The third-order valence-corrected chi connectivity index (χ3v) is 3.37. The second-order valence-electron chi connectivity index (χ2n) is 5.14. The molecule has 1 heterocycles. The molecule has 2 aromatic rings. The fourth-order valence-electron chi connectivity index (χ4n) is 2.26. The summed E-state index contributed by atoms with van der Waals surface area (Å²) in [6.07, 6.45) is 2.52. The zero-order valence-electron chi connectivity index (χ0n) is 12.5. The lowest BCUT2D eigenvalue weighted by atomic mass is 10.1. The van der Waals surface area contributed by atoms with Crippen LogP contribution >= 0.6 is 0 Å². The highest BCUT2D eigenvalue weighted by Crippen LogP contribution is 2.28. The Kier molecular flexibility index (Phi) is 7.39. The van der Waals surface area contributed by atoms with E-state index in [4.69, 9.17) is 14.9 Å². The van der Waals surface area contributed by atoms with Crippen molar-refractivity contribution in [3.8, 4) is 11.5 Å². The number of aromatic hydroxyl groups is 1. The van der Waals surface area contributed by atoms with Crippen molar-refractivity contribution in [1.82, 2.24) is 0 Å². The van der Waals surface area contributed by atoms with Crippen LogP contribution in [0, 0.1) is 11.6 Å². The first-order chi connectivity index (χ1) is 11.0. The molecule has 130 valence electrons. The van der Waals surface area contributed by atoms with Crippen LogP contribution in [0.5, 0.6) is 11.5 Å². The van der Waals surface area contributed by atoms with Crippen LogP contribution in [0.2, 0.25) is 0 Å². The maximum Gasteiger partial charge on any atom is 0.126 e. The molecule has 0 saturated heterocycles. The number of aliphatic hydroxyl groups excluding tert-OH is 1. The molecule has 1 atom stereocenters. The summed E-state index contributed by atoms with van der Waals surface area (Å²) in [6, 6.07) is 8.27. The van der Waals surface area contributed by atoms with Gasteiger partial charge in [0.05, 0.1) is 6.61 Å². The summed E-state index contributed by atoms with van der Waals surface area (Å²) in [5, 5.41) is 17.9. The molecule has 1 aliphatic heterocycles. The number of phenolic OH excluding ortho intramolecular Hbond substituents is 1. The largest absolute Gasteiger partial charge is 0.508 e. The van der Waals surface area contributed by atoms with Crippen molar-refractivity contribution in [1.29, 1.82) is 0 Å². The second kappa shape index (κ2) is 9.03. The highest BCUT2D eigenvalue weighted by atomic mass is 19.1. The highest BCUT2D eigenvalue weighted by molar-refractivity contribution is 5.37. The Balaban J connectivity index is 0.000000232. The van der Waals surface area contributed by atoms with Crippen LogP contribution in [-0.2, 0) is 12.8 Å². The van der Waals surface area contributed by atoms with E-state index in [2.05, 4.69) is 6.58 Å². The lowest BCUT2D eigenvalue weighted by molar-refractivity contribution is 0.134. The summed E-state index contributed by atoms with van der Waals surface area (Å²) in [5.74, 6) is 0.220. The highest BCUT2D eigenvalue weighted by Gasteiger charge is 2.21. The van der Waals surface area contributed by atoms with Gasteiger partial charge in [0, 0.05) is 17.5 Å². The van der Waals surface area contributed by atoms with Gasteiger partial charge in [-0.1, -0.05) is 13.5 Å². The second-order valence-corrected chi connectivity index (χ2v) is 5.14. The molecule has 2 N–H and O–H groups in total. The van der Waals surface area contributed by atoms with Crippen molar-refractivity contribution in [3.05, 3.63) is 71.8 Å². The third-order valence-electron chi connectivity index (χ3n) is 3.37. The van der Waals surface area contributed by atoms with Crippen molar-refractivity contribution < 1.29 is 23.7 Å². The number of aliphatic hydroxyl groups is 1. The van der Waals surface area contributed by atoms with Crippen molar-refractivity contribution in [3.63, 3.8) is 0 Å². The summed E-state index contributed by atoms with van der Waals surface area (Å²) in [6.45, 7) is 3.48. The van der Waals surface area contributed by atoms with E-state index in [0.29, 0.717) is 24.2 Å². The van der Waals surface area contributed by atoms with Crippen LogP contribution < -0.4 is 4.74 Å². The first-order valence-electron chi connectivity index (χ1n) is 7.17. The normalized spacial score (nSPS) is 14.5. The monoisotopic (exact) mass is 336 g/mol. The molecular weight excluding hydrogens is 314 g/mol. The van der Waals surface area contributed by atoms with Crippen LogP contribution in [0.15, 0.2) is 49.1 Å². The zero-order chi connectivity index (χ0) is 16.8. The quantitative estimate of drug-likeness (QED) is 0.833. The zero-order valence-corrected chi connectivity index (χ0v) is 12.5. The molecule has 3 rings (SSSR count). The van der Waals surface area contributed by atoms with Crippen molar-refractivity contribution in [2.24, 2.45) is 0 Å². The molecule has 24 heavy (non-hydrogen) atoms. The van der Waals surface area contributed by atoms with Gasteiger partial charge < -0.3 is 14.9 Å². The summed E-state index contributed by atoms with van der Waals surface area (Å²) in [4.78, 5) is 0. The predicted octanol–water partition coefficient (Wildman–Crippen LogP) is 4.02. The molecular formula is C19H22F2O3. The Hall–Kier alpha value is -2.40. The summed E-state index contributed by atoms with van der Waals surface area (Å²) >= 11 is 0. The van der Waals surface area contributed by atoms with Gasteiger partial charge in [0.2, 0.25) is 0 Å². The molecule has 1 aliphatic rings. The number of fused-ring (bicyclic) bond motifs is 1. The van der Waals surface area contributed by atoms with Gasteiger partial charge in [-0.05, 0) is 42.8 Å². The fourth-order valence-corrected chi connectivity index (χ4v) is 2.26. The van der Waals surface area contributed by atoms with Crippen LogP contribution in [0.25, 0.3) is 0 Å². The van der Waals surface area contributed by atoms with Crippen LogP contribution in [0.3, 0.4) is 0 Å². The molecule has 0 fully saturated rings. The van der Waals surface area contributed by atoms with E-state index in [0.717, 1.165) is 5.56 Å². The van der Waals surface area contributed by atoms with Gasteiger partial charge in [-0.2, -0.15) is 0 Å². The minimum absolute atomic E-state index is 0. The maximum absolute atomic E-state index is 12.7. The smallest absolute Gasteiger partial charge is 0.126 e. The maximum atomic E-state index is 12.7. The van der Waals surface area contributed by atoms with Gasteiger partial charge in [0.15, 0.2) is 0 Å². The topological polar surface area (TPSA) is 49.7 Å². The number of benzene rings is 2. The Morgan fingerprint density at radius 1 is 1.17 bits per heavy atom. The SMILES string of the molecule is C.C=CCc1cc(F)ccc1O.OCC1Cc2cc(F)ccc2O1. The van der Waals surface area contributed by atoms with Crippen molar-refractivity contribution in [2.75, 3.05) is 6.61 Å². The molecule has 0 aromatic heterocycles. The number of halogens is 2. The third kappa shape index (κ3) is 5.06. The summed E-state index contributed by atoms with van der Waals surface area (Å²) in [5.41, 5.74) is 1.41. The van der Waals surface area contributed by atoms with E-state index in [1.54, 1.807) is 12.1 Å². The van der Waals surface area contributed by atoms with Gasteiger partial charge in [0.1, 0.15) is 29.2 Å². The van der Waals surface area contributed by atoms with Crippen LogP contribution in [-0.4, -0.2) is 22.9 Å². The molecule has 1 unspecified atom stereocenters. The minimum Gasteiger partial charge on any atom is -0.508 e. The number of hydrogen-bond acceptors (Lipinski definition) is 3. The van der Waals surface area contributed by atoms with E-state index >= 15 is 0 Å². The number of phenols is 1. The molecule has 0 saturated carbocycles. The molecule has 2 aromatic carbocycles. The molecule has 0 radical (unpaired) electrons. The Bertz CT molecular complexity index is 686. The molecule has 0 amide bonds. The van der Waals surface area contributed by atoms with Gasteiger partial charge >= 0.3 is 0 Å². The van der Waals surface area contributed by atoms with E-state index in [1.807, 2.05) is 0 Å². The Labute approximate surface area is 140 Å². The Morgan fingerprint density at radius 2 is 1.83 bits per heavy atom. The van der Waals surface area contributed by atoms with Gasteiger partial charge in [0.25, 0.3) is 0 Å². The van der Waals surface area contributed by atoms with Gasteiger partial charge in [-0.3, -0.25) is 0 Å². The number of hydrogen-bond donors (Lipinski definition) is 2. The van der Waals surface area contributed by atoms with Crippen molar-refractivity contribution in [2.45, 2.75) is 26.4 Å². The number of allylic oxidation sites excluding steroid dienone is 1. The molecule has 5 heteroatoms. The van der Waals surface area contributed by atoms with Crippen LogP contribution in [0.4, 0.5) is 8.78 Å². The van der Waals surface area contributed by atoms with E-state index in [-0.39, 0.29) is 37.5 Å². The first kappa shape index (κ1) is 19.6. The standard InChI is InChI=1S/C9H9FO2.C9H9FO.CH4/c10-7-1-2-9-6(3-7)4-8(5-11)12-9;1-2-3-7-6-8(10)4-5-9(7)11;/h1-3,8,11H,4-5H2;2,4-6,11H,1,3H2;1H4. The van der Waals surface area contributed by atoms with E-state index in [9.17, 15) is 8.78 Å². The average Bonchev–Trinajstić information content (AvgIpc) is 2.94. The molecule has 0 spiro atoms. The Morgan fingerprint density at radius 3 is 2.50 bits per heavy atom. The lowest BCUT2D eigenvalue weighted by Crippen LogP contribution is -2.17. The molecule has 0 aliphatic carbocycles. The van der Waals surface area contributed by atoms with E-state index in [1.165, 1.54) is 30.3 Å². The number of ether oxygens (including phenoxy) is 1. The molecule has 3 nitrogen and oxygen atoms in total. The summed E-state index contributed by atoms with van der Waals surface area (Å²) < 4.78 is 30.5. The summed E-state index contributed by atoms with van der Waals surface area (Å²) in [7, 11) is 0. The fraction of sp³-hybridized carbons (Fsp3) is 0.263. The van der Waals surface area contributed by atoms with Crippen molar-refractivity contribution >= 4 is 0 Å². The van der Waals surface area contributed by atoms with Gasteiger partial charge in [-0.25, -0.2) is 8.78 Å². The van der Waals surface area contributed by atoms with Gasteiger partial charge in [-0.15, -0.1) is 6.58 Å². The predicted molar refractivity (Wildman–Crippen MR) is 90.3 cm³/mol.